The monoisotopic (exact) mass is 211 g/mol. The number of carbonyl (C=O) groups excluding carboxylic acids is 1. The van der Waals surface area contributed by atoms with Crippen LogP contribution in [0.5, 0.6) is 0 Å². The normalized spacial score (nSPS) is 26.4. The summed E-state index contributed by atoms with van der Waals surface area (Å²) in [4.78, 5) is 11.5. The molecule has 4 heteroatoms. The van der Waals surface area contributed by atoms with Gasteiger partial charge in [0, 0.05) is 19.0 Å². The molecule has 0 spiro atoms. The molecule has 14 heavy (non-hydrogen) atoms. The molecule has 2 rings (SSSR count). The highest BCUT2D eigenvalue weighted by molar-refractivity contribution is 7.08. The van der Waals surface area contributed by atoms with Crippen LogP contribution < -0.4 is 5.32 Å². The first-order valence-corrected chi connectivity index (χ1v) is 5.58. The van der Waals surface area contributed by atoms with Gasteiger partial charge >= 0.3 is 5.97 Å². The molecule has 0 unspecified atom stereocenters. The molecule has 0 saturated carbocycles. The van der Waals surface area contributed by atoms with E-state index in [0.29, 0.717) is 0 Å². The molecule has 1 N–H and O–H groups in total. The number of esters is 1. The largest absolute Gasteiger partial charge is 0.469 e. The van der Waals surface area contributed by atoms with Crippen molar-refractivity contribution in [2.24, 2.45) is 5.92 Å². The summed E-state index contributed by atoms with van der Waals surface area (Å²) in [7, 11) is 1.45. The molecule has 1 aliphatic heterocycles. The highest BCUT2D eigenvalue weighted by atomic mass is 32.1. The Balaban J connectivity index is 2.15. The molecule has 1 fully saturated rings. The molecule has 1 aromatic heterocycles. The van der Waals surface area contributed by atoms with Crippen molar-refractivity contribution in [3.63, 3.8) is 0 Å². The van der Waals surface area contributed by atoms with Gasteiger partial charge in [-0.25, -0.2) is 0 Å². The van der Waals surface area contributed by atoms with E-state index in [1.165, 1.54) is 12.7 Å². The fourth-order valence-electron chi connectivity index (χ4n) is 1.91. The first kappa shape index (κ1) is 9.68. The zero-order valence-corrected chi connectivity index (χ0v) is 8.84. The lowest BCUT2D eigenvalue weighted by Crippen LogP contribution is -2.22. The topological polar surface area (TPSA) is 38.3 Å². The summed E-state index contributed by atoms with van der Waals surface area (Å²) in [5.41, 5.74) is 1.25. The van der Waals surface area contributed by atoms with Gasteiger partial charge in [-0.1, -0.05) is 0 Å². The zero-order chi connectivity index (χ0) is 9.97. The van der Waals surface area contributed by atoms with Gasteiger partial charge in [-0.15, -0.1) is 0 Å². The van der Waals surface area contributed by atoms with E-state index in [1.807, 2.05) is 5.38 Å². The number of hydrogen-bond acceptors (Lipinski definition) is 4. The SMILES string of the molecule is COC(=O)[C@H]1CNC[C@@H]1c1ccsc1. The van der Waals surface area contributed by atoms with Gasteiger partial charge in [-0.3, -0.25) is 4.79 Å². The second-order valence-electron chi connectivity index (χ2n) is 3.45. The molecule has 0 radical (unpaired) electrons. The van der Waals surface area contributed by atoms with Gasteiger partial charge in [-0.05, 0) is 22.4 Å². The maximum absolute atomic E-state index is 11.5. The Labute approximate surface area is 87.1 Å². The van der Waals surface area contributed by atoms with Gasteiger partial charge in [0.25, 0.3) is 0 Å². The molecular weight excluding hydrogens is 198 g/mol. The third kappa shape index (κ3) is 1.67. The van der Waals surface area contributed by atoms with Crippen LogP contribution in [0.3, 0.4) is 0 Å². The zero-order valence-electron chi connectivity index (χ0n) is 8.03. The van der Waals surface area contributed by atoms with Gasteiger partial charge in [-0.2, -0.15) is 11.3 Å². The minimum Gasteiger partial charge on any atom is -0.469 e. The van der Waals surface area contributed by atoms with Crippen molar-refractivity contribution in [2.45, 2.75) is 5.92 Å². The van der Waals surface area contributed by atoms with Gasteiger partial charge < -0.3 is 10.1 Å². The lowest BCUT2D eigenvalue weighted by molar-refractivity contribution is -0.145. The summed E-state index contributed by atoms with van der Waals surface area (Å²) in [5, 5.41) is 7.38. The van der Waals surface area contributed by atoms with Crippen LogP contribution in [0.1, 0.15) is 11.5 Å². The predicted molar refractivity (Wildman–Crippen MR) is 55.4 cm³/mol. The molecule has 3 nitrogen and oxygen atoms in total. The Hall–Kier alpha value is -0.870. The van der Waals surface area contributed by atoms with E-state index < -0.39 is 0 Å². The standard InChI is InChI=1S/C10H13NO2S/c1-13-10(12)9-5-11-4-8(9)7-2-3-14-6-7/h2-3,6,8-9,11H,4-5H2,1H3/t8-,9+/m1/s1. The van der Waals surface area contributed by atoms with Crippen LogP contribution >= 0.6 is 11.3 Å². The smallest absolute Gasteiger partial charge is 0.310 e. The molecule has 76 valence electrons. The van der Waals surface area contributed by atoms with Crippen molar-refractivity contribution in [3.8, 4) is 0 Å². The lowest BCUT2D eigenvalue weighted by atomic mass is 9.91. The number of thiophene rings is 1. The van der Waals surface area contributed by atoms with Crippen LogP contribution in [0.2, 0.25) is 0 Å². The average Bonchev–Trinajstić information content (AvgIpc) is 2.85. The Bertz CT molecular complexity index is 310. The minimum atomic E-state index is -0.105. The van der Waals surface area contributed by atoms with Gasteiger partial charge in [0.05, 0.1) is 13.0 Å². The van der Waals surface area contributed by atoms with Crippen LogP contribution in [-0.4, -0.2) is 26.2 Å². The average molecular weight is 211 g/mol. The summed E-state index contributed by atoms with van der Waals surface area (Å²) in [5.74, 6) is 0.162. The van der Waals surface area contributed by atoms with Crippen molar-refractivity contribution in [1.29, 1.82) is 0 Å². The molecule has 0 amide bonds. The van der Waals surface area contributed by atoms with E-state index >= 15 is 0 Å². The van der Waals surface area contributed by atoms with Crippen LogP contribution in [0.25, 0.3) is 0 Å². The second-order valence-corrected chi connectivity index (χ2v) is 4.23. The third-order valence-corrected chi connectivity index (χ3v) is 3.39. The Morgan fingerprint density at radius 3 is 3.14 bits per heavy atom. The van der Waals surface area contributed by atoms with Crippen LogP contribution in [0.15, 0.2) is 16.8 Å². The Kier molecular flexibility index (Phi) is 2.84. The summed E-state index contributed by atoms with van der Waals surface area (Å²) in [6.07, 6.45) is 0. The molecule has 0 bridgehead atoms. The van der Waals surface area contributed by atoms with Crippen molar-refractivity contribution in [3.05, 3.63) is 22.4 Å². The Morgan fingerprint density at radius 1 is 1.64 bits per heavy atom. The van der Waals surface area contributed by atoms with E-state index in [2.05, 4.69) is 16.8 Å². The van der Waals surface area contributed by atoms with Gasteiger partial charge in [0.1, 0.15) is 0 Å². The fraction of sp³-hybridized carbons (Fsp3) is 0.500. The molecular formula is C10H13NO2S. The molecule has 0 aromatic carbocycles. The predicted octanol–water partition coefficient (Wildman–Crippen LogP) is 1.22. The molecule has 1 aliphatic rings. The van der Waals surface area contributed by atoms with E-state index in [4.69, 9.17) is 4.74 Å². The lowest BCUT2D eigenvalue weighted by Gasteiger charge is -2.14. The Morgan fingerprint density at radius 2 is 2.50 bits per heavy atom. The van der Waals surface area contributed by atoms with E-state index in [9.17, 15) is 4.79 Å². The number of carbonyl (C=O) groups is 1. The summed E-state index contributed by atoms with van der Waals surface area (Å²) < 4.78 is 4.79. The molecule has 2 heterocycles. The van der Waals surface area contributed by atoms with Crippen LogP contribution in [0, 0.1) is 5.92 Å². The number of nitrogens with one attached hydrogen (secondary N) is 1. The van der Waals surface area contributed by atoms with Crippen molar-refractivity contribution in [1.82, 2.24) is 5.32 Å². The van der Waals surface area contributed by atoms with Crippen molar-refractivity contribution < 1.29 is 9.53 Å². The molecule has 1 saturated heterocycles. The fourth-order valence-corrected chi connectivity index (χ4v) is 2.64. The number of hydrogen-bond donors (Lipinski definition) is 1. The van der Waals surface area contributed by atoms with E-state index in [1.54, 1.807) is 11.3 Å². The molecule has 0 aliphatic carbocycles. The maximum Gasteiger partial charge on any atom is 0.310 e. The number of ether oxygens (including phenoxy) is 1. The first-order chi connectivity index (χ1) is 6.83. The highest BCUT2D eigenvalue weighted by Gasteiger charge is 2.34. The maximum atomic E-state index is 11.5. The summed E-state index contributed by atoms with van der Waals surface area (Å²) in [6.45, 7) is 1.60. The van der Waals surface area contributed by atoms with Crippen LogP contribution in [-0.2, 0) is 9.53 Å². The van der Waals surface area contributed by atoms with Crippen LogP contribution in [0.4, 0.5) is 0 Å². The minimum absolute atomic E-state index is 0.0189. The quantitative estimate of drug-likeness (QED) is 0.748. The summed E-state index contributed by atoms with van der Waals surface area (Å²) in [6, 6.07) is 2.08. The van der Waals surface area contributed by atoms with E-state index in [-0.39, 0.29) is 17.8 Å². The molecule has 1 aromatic rings. The van der Waals surface area contributed by atoms with Crippen molar-refractivity contribution in [2.75, 3.05) is 20.2 Å². The van der Waals surface area contributed by atoms with Gasteiger partial charge in [0.15, 0.2) is 0 Å². The molecule has 2 atom stereocenters. The van der Waals surface area contributed by atoms with Crippen molar-refractivity contribution >= 4 is 17.3 Å². The van der Waals surface area contributed by atoms with E-state index in [0.717, 1.165) is 13.1 Å². The number of methoxy groups -OCH3 is 1. The third-order valence-electron chi connectivity index (χ3n) is 2.69. The van der Waals surface area contributed by atoms with Gasteiger partial charge in [0.2, 0.25) is 0 Å². The summed E-state index contributed by atoms with van der Waals surface area (Å²) >= 11 is 1.67. The second kappa shape index (κ2) is 4.11. The number of rotatable bonds is 2. The highest BCUT2D eigenvalue weighted by Crippen LogP contribution is 2.30. The first-order valence-electron chi connectivity index (χ1n) is 4.63.